The van der Waals surface area contributed by atoms with E-state index < -0.39 is 0 Å². The number of thioether (sulfide) groups is 1. The summed E-state index contributed by atoms with van der Waals surface area (Å²) in [5.74, 6) is 0. The van der Waals surface area contributed by atoms with E-state index >= 15 is 0 Å². The van der Waals surface area contributed by atoms with Gasteiger partial charge in [0.15, 0.2) is 4.32 Å². The van der Waals surface area contributed by atoms with Gasteiger partial charge in [0.2, 0.25) is 0 Å². The molecular weight excluding hydrogens is 368 g/mol. The van der Waals surface area contributed by atoms with Crippen LogP contribution in [-0.2, 0) is 14.6 Å². The molecule has 0 radical (unpaired) electrons. The predicted octanol–water partition coefficient (Wildman–Crippen LogP) is 3.76. The van der Waals surface area contributed by atoms with Gasteiger partial charge in [-0.05, 0) is 18.4 Å². The van der Waals surface area contributed by atoms with Crippen molar-refractivity contribution < 1.29 is 14.6 Å². The van der Waals surface area contributed by atoms with E-state index in [9.17, 15) is 0 Å². The van der Waals surface area contributed by atoms with Crippen LogP contribution in [-0.4, -0.2) is 21.3 Å². The Labute approximate surface area is 146 Å². The van der Waals surface area contributed by atoms with Gasteiger partial charge in [0.05, 0.1) is 5.69 Å². The van der Waals surface area contributed by atoms with Crippen molar-refractivity contribution >= 4 is 44.2 Å². The van der Waals surface area contributed by atoms with E-state index in [4.69, 9.17) is 12.2 Å². The number of nitrogens with zero attached hydrogens (tertiary/aromatic N) is 2. The van der Waals surface area contributed by atoms with Gasteiger partial charge in [-0.25, -0.2) is 0 Å². The molecule has 21 heavy (non-hydrogen) atoms. The molecule has 1 heterocycles. The Balaban J connectivity index is 0.00000106. The number of hydrazone groups is 1. The van der Waals surface area contributed by atoms with Crippen LogP contribution in [0.5, 0.6) is 0 Å². The fourth-order valence-electron chi connectivity index (χ4n) is 1.52. The van der Waals surface area contributed by atoms with Gasteiger partial charge in [0.1, 0.15) is 5.71 Å². The summed E-state index contributed by atoms with van der Waals surface area (Å²) >= 11 is 9.90. The Bertz CT molecular complexity index is 538. The van der Waals surface area contributed by atoms with E-state index in [1.54, 1.807) is 6.20 Å². The number of rotatable bonds is 3. The summed E-state index contributed by atoms with van der Waals surface area (Å²) in [5.41, 5.74) is 5.46. The number of hydrogen-bond donors (Lipinski definition) is 1. The van der Waals surface area contributed by atoms with Crippen molar-refractivity contribution in [3.8, 4) is 0 Å². The van der Waals surface area contributed by atoms with Gasteiger partial charge < -0.3 is 0 Å². The summed E-state index contributed by atoms with van der Waals surface area (Å²) in [5, 5.41) is 4.38. The van der Waals surface area contributed by atoms with Crippen LogP contribution in [0.3, 0.4) is 0 Å². The van der Waals surface area contributed by atoms with E-state index in [2.05, 4.69) is 40.3 Å². The van der Waals surface area contributed by atoms with E-state index in [0.717, 1.165) is 17.0 Å². The normalized spacial score (nSPS) is 10.4. The number of benzene rings is 1. The third-order valence-electron chi connectivity index (χ3n) is 2.40. The molecule has 0 aliphatic rings. The van der Waals surface area contributed by atoms with Gasteiger partial charge in [-0.3, -0.25) is 10.4 Å². The van der Waals surface area contributed by atoms with Crippen molar-refractivity contribution in [3.63, 3.8) is 0 Å². The molecule has 0 aliphatic heterocycles. The first-order valence-corrected chi connectivity index (χ1v) is 8.81. The Morgan fingerprint density at radius 2 is 1.86 bits per heavy atom. The minimum absolute atomic E-state index is 0.629. The topological polar surface area (TPSA) is 37.3 Å². The van der Waals surface area contributed by atoms with Crippen molar-refractivity contribution in [2.24, 2.45) is 5.10 Å². The molecule has 0 amide bonds. The molecule has 0 saturated heterocycles. The maximum atomic E-state index is 5.10. The molecule has 2 aromatic rings. The van der Waals surface area contributed by atoms with Crippen LogP contribution >= 0.6 is 34.2 Å². The van der Waals surface area contributed by atoms with Crippen LogP contribution in [0.2, 0.25) is 0 Å². The minimum atomic E-state index is 0.629. The second-order valence-corrected chi connectivity index (χ2v) is 5.13. The van der Waals surface area contributed by atoms with Crippen molar-refractivity contribution in [2.75, 3.05) is 6.26 Å². The molecular formula is C14H13ClN3NiS2. The van der Waals surface area contributed by atoms with Gasteiger partial charge in [-0.1, -0.05) is 60.4 Å². The Morgan fingerprint density at radius 1 is 1.19 bits per heavy atom. The molecule has 2 rings (SSSR count). The Hall–Kier alpha value is -0.936. The SMILES string of the molecule is CSC(=S)NN=C(c1ccccc1)c1ccccn1.[Cl][Ni]. The third-order valence-corrected chi connectivity index (χ3v) is 3.45. The molecule has 3 nitrogen and oxygen atoms in total. The Morgan fingerprint density at radius 3 is 2.43 bits per heavy atom. The molecule has 0 aliphatic carbocycles. The van der Waals surface area contributed by atoms with Crippen molar-refractivity contribution in [1.29, 1.82) is 0 Å². The van der Waals surface area contributed by atoms with Crippen LogP contribution in [0.4, 0.5) is 0 Å². The summed E-state index contributed by atoms with van der Waals surface area (Å²) in [4.78, 5) is 4.34. The third kappa shape index (κ3) is 6.14. The number of pyridine rings is 1. The maximum absolute atomic E-state index is 5.10. The summed E-state index contributed by atoms with van der Waals surface area (Å²) in [6.07, 6.45) is 3.66. The zero-order valence-electron chi connectivity index (χ0n) is 11.1. The predicted molar refractivity (Wildman–Crippen MR) is 91.4 cm³/mol. The second-order valence-electron chi connectivity index (χ2n) is 3.64. The molecule has 1 aromatic carbocycles. The van der Waals surface area contributed by atoms with Crippen LogP contribution in [0, 0.1) is 0 Å². The van der Waals surface area contributed by atoms with E-state index in [-0.39, 0.29) is 0 Å². The van der Waals surface area contributed by atoms with Crippen molar-refractivity contribution in [2.45, 2.75) is 0 Å². The number of nitrogens with one attached hydrogen (secondary N) is 1. The number of hydrogen-bond acceptors (Lipinski definition) is 4. The quantitative estimate of drug-likeness (QED) is 0.380. The van der Waals surface area contributed by atoms with Crippen LogP contribution in [0.15, 0.2) is 59.8 Å². The molecule has 1 aromatic heterocycles. The molecule has 1 N–H and O–H groups in total. The summed E-state index contributed by atoms with van der Waals surface area (Å²) < 4.78 is 0.629. The van der Waals surface area contributed by atoms with Crippen molar-refractivity contribution in [1.82, 2.24) is 10.4 Å². The first-order valence-electron chi connectivity index (χ1n) is 5.81. The zero-order chi connectivity index (χ0) is 15.5. The van der Waals surface area contributed by atoms with Gasteiger partial charge in [-0.15, -0.1) is 0 Å². The van der Waals surface area contributed by atoms with E-state index in [0.29, 0.717) is 4.32 Å². The van der Waals surface area contributed by atoms with E-state index in [1.807, 2.05) is 54.8 Å². The van der Waals surface area contributed by atoms with Crippen LogP contribution < -0.4 is 5.43 Å². The standard InChI is InChI=1S/C14H13N3S2.ClH.Ni/c1-19-14(18)17-16-13(11-7-3-2-4-8-11)12-9-5-6-10-15-12;;/h2-10H,1H3,(H,17,18);1H;/q;;+1/p-1. The fourth-order valence-corrected chi connectivity index (χ4v) is 1.70. The Kier molecular flexibility index (Phi) is 9.27. The fraction of sp³-hybridized carbons (Fsp3) is 0.0714. The molecule has 0 fully saturated rings. The monoisotopic (exact) mass is 380 g/mol. The first kappa shape index (κ1) is 18.1. The molecule has 0 bridgehead atoms. The molecule has 0 unspecified atom stereocenters. The zero-order valence-corrected chi connectivity index (χ0v) is 14.5. The molecule has 0 spiro atoms. The van der Waals surface area contributed by atoms with Gasteiger partial charge in [0, 0.05) is 11.8 Å². The van der Waals surface area contributed by atoms with Gasteiger partial charge in [-0.2, -0.15) is 5.10 Å². The van der Waals surface area contributed by atoms with Crippen LogP contribution in [0.25, 0.3) is 0 Å². The van der Waals surface area contributed by atoms with E-state index in [1.165, 1.54) is 11.8 Å². The van der Waals surface area contributed by atoms with Crippen molar-refractivity contribution in [3.05, 3.63) is 66.0 Å². The average Bonchev–Trinajstić information content (AvgIpc) is 2.58. The van der Waals surface area contributed by atoms with Gasteiger partial charge in [0.25, 0.3) is 0 Å². The summed E-state index contributed by atoms with van der Waals surface area (Å²) in [6, 6.07) is 15.7. The van der Waals surface area contributed by atoms with Crippen LogP contribution in [0.1, 0.15) is 11.3 Å². The molecule has 0 atom stereocenters. The summed E-state index contributed by atoms with van der Waals surface area (Å²) in [7, 11) is 4.26. The first-order chi connectivity index (χ1) is 10.3. The number of halogens is 1. The number of aromatic nitrogens is 1. The molecule has 113 valence electrons. The average molecular weight is 382 g/mol. The molecule has 0 saturated carbocycles. The summed E-state index contributed by atoms with van der Waals surface area (Å²) in [6.45, 7) is 0. The molecule has 7 heteroatoms. The number of thiocarbonyl (C=S) groups is 1. The van der Waals surface area contributed by atoms with Gasteiger partial charge >= 0.3 is 24.8 Å². The second kappa shape index (κ2) is 10.7.